The van der Waals surface area contributed by atoms with E-state index < -0.39 is 12.1 Å². The number of furan rings is 1. The number of nitrogens with one attached hydrogen (secondary N) is 1. The van der Waals surface area contributed by atoms with Gasteiger partial charge in [0.15, 0.2) is 6.10 Å². The van der Waals surface area contributed by atoms with E-state index in [9.17, 15) is 9.59 Å². The molecule has 0 bridgehead atoms. The maximum atomic E-state index is 12.7. The number of ketones is 1. The lowest BCUT2D eigenvalue weighted by Crippen LogP contribution is -2.25. The van der Waals surface area contributed by atoms with Crippen molar-refractivity contribution in [3.63, 3.8) is 0 Å². The Bertz CT molecular complexity index is 1170. The van der Waals surface area contributed by atoms with Crippen LogP contribution in [0.3, 0.4) is 0 Å². The summed E-state index contributed by atoms with van der Waals surface area (Å²) in [7, 11) is 1.58. The second kappa shape index (κ2) is 7.23. The van der Waals surface area contributed by atoms with E-state index >= 15 is 0 Å². The summed E-state index contributed by atoms with van der Waals surface area (Å²) < 4.78 is 16.0. The second-order valence-corrected chi connectivity index (χ2v) is 6.54. The molecule has 0 amide bonds. The molecule has 1 unspecified atom stereocenters. The largest absolute Gasteiger partial charge is 0.497 e. The molecular formula is C22H19NO5. The topological polar surface area (TPSA) is 81.5 Å². The molecule has 0 spiro atoms. The Labute approximate surface area is 161 Å². The zero-order valence-electron chi connectivity index (χ0n) is 15.5. The van der Waals surface area contributed by atoms with Crippen molar-refractivity contribution in [1.29, 1.82) is 0 Å². The van der Waals surface area contributed by atoms with Crippen LogP contribution in [-0.2, 0) is 16.0 Å². The van der Waals surface area contributed by atoms with Gasteiger partial charge in [-0.05, 0) is 25.1 Å². The van der Waals surface area contributed by atoms with Crippen LogP contribution < -0.4 is 4.74 Å². The van der Waals surface area contributed by atoms with Gasteiger partial charge in [-0.1, -0.05) is 18.2 Å². The zero-order chi connectivity index (χ0) is 19.7. The molecule has 0 aliphatic carbocycles. The number of methoxy groups -OCH3 is 1. The Kier molecular flexibility index (Phi) is 4.61. The Morgan fingerprint density at radius 2 is 1.96 bits per heavy atom. The Morgan fingerprint density at radius 1 is 1.14 bits per heavy atom. The van der Waals surface area contributed by atoms with Crippen LogP contribution in [0.4, 0.5) is 0 Å². The van der Waals surface area contributed by atoms with E-state index in [1.54, 1.807) is 32.4 Å². The molecule has 0 aliphatic heterocycles. The van der Waals surface area contributed by atoms with Crippen molar-refractivity contribution in [2.75, 3.05) is 7.11 Å². The molecule has 0 saturated heterocycles. The molecule has 2 aromatic heterocycles. The number of rotatable bonds is 6. The molecule has 0 aliphatic rings. The van der Waals surface area contributed by atoms with E-state index in [2.05, 4.69) is 4.98 Å². The second-order valence-electron chi connectivity index (χ2n) is 6.54. The van der Waals surface area contributed by atoms with Crippen molar-refractivity contribution >= 4 is 33.6 Å². The van der Waals surface area contributed by atoms with Crippen LogP contribution in [-0.4, -0.2) is 30.0 Å². The van der Waals surface area contributed by atoms with Crippen LogP contribution >= 0.6 is 0 Å². The third-order valence-corrected chi connectivity index (χ3v) is 4.73. The zero-order valence-corrected chi connectivity index (χ0v) is 15.5. The monoisotopic (exact) mass is 377 g/mol. The highest BCUT2D eigenvalue weighted by Crippen LogP contribution is 2.26. The highest BCUT2D eigenvalue weighted by molar-refractivity contribution is 6.10. The Balaban J connectivity index is 1.47. The Hall–Kier alpha value is -3.54. The van der Waals surface area contributed by atoms with E-state index in [0.717, 1.165) is 16.3 Å². The number of aromatic amines is 1. The van der Waals surface area contributed by atoms with Crippen molar-refractivity contribution in [1.82, 2.24) is 4.98 Å². The lowest BCUT2D eigenvalue weighted by molar-refractivity contribution is -0.145. The van der Waals surface area contributed by atoms with Crippen LogP contribution in [0.2, 0.25) is 0 Å². The molecule has 6 nitrogen and oxygen atoms in total. The van der Waals surface area contributed by atoms with Crippen LogP contribution in [0.25, 0.3) is 21.9 Å². The van der Waals surface area contributed by atoms with Crippen LogP contribution in [0.15, 0.2) is 59.3 Å². The smallest absolute Gasteiger partial charge is 0.311 e. The molecule has 28 heavy (non-hydrogen) atoms. The standard InChI is InChI=1S/C22H19NO5/c1-13(22(25)18-11-23-19-6-4-3-5-17(18)19)28-21(24)9-14-12-27-20-10-15(26-2)7-8-16(14)20/h3-8,10-13,23H,9H2,1-2H3. The number of carbonyl (C=O) groups excluding carboxylic acids is 2. The summed E-state index contributed by atoms with van der Waals surface area (Å²) in [6, 6.07) is 12.9. The number of benzene rings is 2. The molecule has 6 heteroatoms. The van der Waals surface area contributed by atoms with Gasteiger partial charge in [-0.2, -0.15) is 0 Å². The first kappa shape index (κ1) is 17.9. The van der Waals surface area contributed by atoms with Crippen LogP contribution in [0.1, 0.15) is 22.8 Å². The number of carbonyl (C=O) groups is 2. The lowest BCUT2D eigenvalue weighted by Gasteiger charge is -2.11. The van der Waals surface area contributed by atoms with Gasteiger partial charge in [-0.25, -0.2) is 0 Å². The van der Waals surface area contributed by atoms with Gasteiger partial charge in [-0.3, -0.25) is 9.59 Å². The molecule has 0 saturated carbocycles. The Morgan fingerprint density at radius 3 is 2.79 bits per heavy atom. The summed E-state index contributed by atoms with van der Waals surface area (Å²) in [4.78, 5) is 28.1. The molecule has 142 valence electrons. The fourth-order valence-electron chi connectivity index (χ4n) is 3.27. The van der Waals surface area contributed by atoms with Crippen molar-refractivity contribution in [2.45, 2.75) is 19.4 Å². The predicted molar refractivity (Wildman–Crippen MR) is 105 cm³/mol. The summed E-state index contributed by atoms with van der Waals surface area (Å²) in [5.41, 5.74) is 2.71. The van der Waals surface area contributed by atoms with Crippen molar-refractivity contribution < 1.29 is 23.5 Å². The molecule has 4 aromatic rings. The van der Waals surface area contributed by atoms with Gasteiger partial charge in [0.25, 0.3) is 0 Å². The third-order valence-electron chi connectivity index (χ3n) is 4.73. The number of fused-ring (bicyclic) bond motifs is 2. The summed E-state index contributed by atoms with van der Waals surface area (Å²) in [6.45, 7) is 1.58. The molecular weight excluding hydrogens is 358 g/mol. The number of Topliss-reactive ketones (excluding diaryl/α,β-unsaturated/α-hetero) is 1. The SMILES string of the molecule is COc1ccc2c(CC(=O)OC(C)C(=O)c3c[nH]c4ccccc34)coc2c1. The average molecular weight is 377 g/mol. The van der Waals surface area contributed by atoms with E-state index in [1.807, 2.05) is 30.3 Å². The number of hydrogen-bond acceptors (Lipinski definition) is 5. The lowest BCUT2D eigenvalue weighted by atomic mass is 10.1. The first-order valence-corrected chi connectivity index (χ1v) is 8.90. The first-order valence-electron chi connectivity index (χ1n) is 8.90. The normalized spacial score (nSPS) is 12.2. The van der Waals surface area contributed by atoms with Gasteiger partial charge in [0.1, 0.15) is 11.3 Å². The fourth-order valence-corrected chi connectivity index (χ4v) is 3.27. The molecule has 4 rings (SSSR count). The number of hydrogen-bond donors (Lipinski definition) is 1. The van der Waals surface area contributed by atoms with E-state index in [1.165, 1.54) is 6.26 Å². The van der Waals surface area contributed by atoms with Gasteiger partial charge in [0.2, 0.25) is 5.78 Å². The third kappa shape index (κ3) is 3.24. The van der Waals surface area contributed by atoms with Gasteiger partial charge >= 0.3 is 5.97 Å². The van der Waals surface area contributed by atoms with Crippen molar-refractivity contribution in [2.24, 2.45) is 0 Å². The molecule has 0 radical (unpaired) electrons. The summed E-state index contributed by atoms with van der Waals surface area (Å²) in [5, 5.41) is 1.62. The minimum atomic E-state index is -0.884. The van der Waals surface area contributed by atoms with E-state index in [0.29, 0.717) is 22.5 Å². The molecule has 2 heterocycles. The fraction of sp³-hybridized carbons (Fsp3) is 0.182. The van der Waals surface area contributed by atoms with Gasteiger partial charge < -0.3 is 18.9 Å². The number of esters is 1. The molecule has 1 atom stereocenters. The maximum Gasteiger partial charge on any atom is 0.311 e. The molecule has 0 fully saturated rings. The summed E-state index contributed by atoms with van der Waals surface area (Å²) in [6.07, 6.45) is 2.31. The minimum Gasteiger partial charge on any atom is -0.497 e. The van der Waals surface area contributed by atoms with Gasteiger partial charge in [-0.15, -0.1) is 0 Å². The molecule has 2 aromatic carbocycles. The summed E-state index contributed by atoms with van der Waals surface area (Å²) >= 11 is 0. The van der Waals surface area contributed by atoms with Crippen molar-refractivity contribution in [3.8, 4) is 5.75 Å². The van der Waals surface area contributed by atoms with Crippen molar-refractivity contribution in [3.05, 3.63) is 66.1 Å². The number of ether oxygens (including phenoxy) is 2. The molecule has 1 N–H and O–H groups in total. The highest BCUT2D eigenvalue weighted by Gasteiger charge is 2.23. The van der Waals surface area contributed by atoms with Gasteiger partial charge in [0.05, 0.1) is 19.8 Å². The number of aromatic nitrogens is 1. The van der Waals surface area contributed by atoms with E-state index in [-0.39, 0.29) is 12.2 Å². The van der Waals surface area contributed by atoms with Crippen LogP contribution in [0.5, 0.6) is 5.75 Å². The van der Waals surface area contributed by atoms with Gasteiger partial charge in [0, 0.05) is 39.7 Å². The van der Waals surface area contributed by atoms with Crippen LogP contribution in [0, 0.1) is 0 Å². The predicted octanol–water partition coefficient (Wildman–Crippen LogP) is 4.28. The highest BCUT2D eigenvalue weighted by atomic mass is 16.5. The minimum absolute atomic E-state index is 0.0187. The summed E-state index contributed by atoms with van der Waals surface area (Å²) in [5.74, 6) is -0.0549. The first-order chi connectivity index (χ1) is 13.6. The number of H-pyrrole nitrogens is 1. The van der Waals surface area contributed by atoms with E-state index in [4.69, 9.17) is 13.9 Å². The maximum absolute atomic E-state index is 12.7. The number of para-hydroxylation sites is 1. The average Bonchev–Trinajstić information content (AvgIpc) is 3.31. The quantitative estimate of drug-likeness (QED) is 0.401.